The third-order valence-electron chi connectivity index (χ3n) is 4.50. The molecule has 1 saturated carbocycles. The van der Waals surface area contributed by atoms with Gasteiger partial charge in [-0.3, -0.25) is 4.79 Å². The highest BCUT2D eigenvalue weighted by atomic mass is 16.5. The van der Waals surface area contributed by atoms with Crippen LogP contribution in [0.25, 0.3) is 0 Å². The van der Waals surface area contributed by atoms with E-state index in [2.05, 4.69) is 13.8 Å². The topological polar surface area (TPSA) is 35.5 Å². The molecule has 0 heterocycles. The fourth-order valence-corrected chi connectivity index (χ4v) is 3.17. The molecular formula is C17H24O3. The fraction of sp³-hybridized carbons (Fsp3) is 0.588. The van der Waals surface area contributed by atoms with E-state index in [1.165, 1.54) is 6.42 Å². The molecule has 0 radical (unpaired) electrons. The first-order valence-electron chi connectivity index (χ1n) is 7.26. The second kappa shape index (κ2) is 5.86. The van der Waals surface area contributed by atoms with E-state index in [4.69, 9.17) is 9.47 Å². The Morgan fingerprint density at radius 3 is 2.55 bits per heavy atom. The molecule has 3 nitrogen and oxygen atoms in total. The molecule has 0 saturated heterocycles. The Morgan fingerprint density at radius 2 is 1.95 bits per heavy atom. The first-order valence-corrected chi connectivity index (χ1v) is 7.26. The van der Waals surface area contributed by atoms with Gasteiger partial charge in [-0.1, -0.05) is 26.7 Å². The van der Waals surface area contributed by atoms with Crippen molar-refractivity contribution >= 4 is 5.78 Å². The summed E-state index contributed by atoms with van der Waals surface area (Å²) in [7, 11) is 3.21. The zero-order valence-electron chi connectivity index (χ0n) is 12.9. The van der Waals surface area contributed by atoms with Gasteiger partial charge in [0.1, 0.15) is 11.5 Å². The van der Waals surface area contributed by atoms with E-state index in [1.54, 1.807) is 20.3 Å². The van der Waals surface area contributed by atoms with Crippen LogP contribution in [0, 0.1) is 11.3 Å². The standard InChI is InChI=1S/C17H24O3/c1-17(2)10-6-5-7-14(17)16(18)13-9-8-12(19-3)11-15(13)20-4/h8-9,11,14H,5-7,10H2,1-4H3. The van der Waals surface area contributed by atoms with Crippen LogP contribution in [0.15, 0.2) is 18.2 Å². The van der Waals surface area contributed by atoms with E-state index in [9.17, 15) is 4.79 Å². The molecule has 0 aliphatic heterocycles. The van der Waals surface area contributed by atoms with Gasteiger partial charge in [-0.15, -0.1) is 0 Å². The minimum atomic E-state index is 0.0697. The van der Waals surface area contributed by atoms with Crippen molar-refractivity contribution in [1.29, 1.82) is 0 Å². The summed E-state index contributed by atoms with van der Waals surface area (Å²) >= 11 is 0. The maximum atomic E-state index is 12.9. The minimum Gasteiger partial charge on any atom is -0.497 e. The smallest absolute Gasteiger partial charge is 0.170 e. The van der Waals surface area contributed by atoms with Gasteiger partial charge in [0.15, 0.2) is 5.78 Å². The van der Waals surface area contributed by atoms with E-state index in [-0.39, 0.29) is 17.1 Å². The van der Waals surface area contributed by atoms with Crippen molar-refractivity contribution in [2.45, 2.75) is 39.5 Å². The lowest BCUT2D eigenvalue weighted by molar-refractivity contribution is 0.0694. The van der Waals surface area contributed by atoms with Crippen molar-refractivity contribution < 1.29 is 14.3 Å². The Hall–Kier alpha value is -1.51. The van der Waals surface area contributed by atoms with Crippen molar-refractivity contribution in [3.8, 4) is 11.5 Å². The quantitative estimate of drug-likeness (QED) is 0.777. The summed E-state index contributed by atoms with van der Waals surface area (Å²) in [6.07, 6.45) is 4.44. The van der Waals surface area contributed by atoms with E-state index >= 15 is 0 Å². The Morgan fingerprint density at radius 1 is 1.20 bits per heavy atom. The predicted octanol–water partition coefficient (Wildman–Crippen LogP) is 4.10. The van der Waals surface area contributed by atoms with Crippen molar-refractivity contribution in [3.05, 3.63) is 23.8 Å². The highest BCUT2D eigenvalue weighted by Gasteiger charge is 2.38. The highest BCUT2D eigenvalue weighted by molar-refractivity contribution is 6.01. The molecule has 1 aliphatic rings. The number of carbonyl (C=O) groups excluding carboxylic acids is 1. The predicted molar refractivity (Wildman–Crippen MR) is 79.6 cm³/mol. The van der Waals surface area contributed by atoms with Crippen LogP contribution in [0.1, 0.15) is 49.9 Å². The number of ketones is 1. The molecule has 20 heavy (non-hydrogen) atoms. The Bertz CT molecular complexity index is 491. The maximum absolute atomic E-state index is 12.9. The van der Waals surface area contributed by atoms with Crippen molar-refractivity contribution in [3.63, 3.8) is 0 Å². The van der Waals surface area contributed by atoms with Gasteiger partial charge in [-0.2, -0.15) is 0 Å². The van der Waals surface area contributed by atoms with Crippen LogP contribution in [-0.4, -0.2) is 20.0 Å². The molecule has 1 aromatic rings. The van der Waals surface area contributed by atoms with Gasteiger partial charge in [0.25, 0.3) is 0 Å². The lowest BCUT2D eigenvalue weighted by Crippen LogP contribution is -2.34. The molecule has 1 fully saturated rings. The maximum Gasteiger partial charge on any atom is 0.170 e. The summed E-state index contributed by atoms with van der Waals surface area (Å²) in [5, 5.41) is 0. The summed E-state index contributed by atoms with van der Waals surface area (Å²) in [6.45, 7) is 4.40. The van der Waals surface area contributed by atoms with E-state index < -0.39 is 0 Å². The Labute approximate surface area is 121 Å². The molecule has 0 aromatic heterocycles. The zero-order chi connectivity index (χ0) is 14.8. The molecule has 1 aromatic carbocycles. The lowest BCUT2D eigenvalue weighted by atomic mass is 9.66. The zero-order valence-corrected chi connectivity index (χ0v) is 12.9. The first kappa shape index (κ1) is 14.9. The average molecular weight is 276 g/mol. The van der Waals surface area contributed by atoms with Gasteiger partial charge < -0.3 is 9.47 Å². The molecule has 0 bridgehead atoms. The SMILES string of the molecule is COc1ccc(C(=O)C2CCCCC2(C)C)c(OC)c1. The molecule has 2 rings (SSSR count). The van der Waals surface area contributed by atoms with Gasteiger partial charge in [0, 0.05) is 12.0 Å². The molecule has 1 aliphatic carbocycles. The summed E-state index contributed by atoms with van der Waals surface area (Å²) in [5.41, 5.74) is 0.744. The van der Waals surface area contributed by atoms with Crippen LogP contribution in [0.2, 0.25) is 0 Å². The number of benzene rings is 1. The number of ether oxygens (including phenoxy) is 2. The third kappa shape index (κ3) is 2.82. The second-order valence-corrected chi connectivity index (χ2v) is 6.22. The monoisotopic (exact) mass is 276 g/mol. The van der Waals surface area contributed by atoms with Crippen LogP contribution in [0.3, 0.4) is 0 Å². The van der Waals surface area contributed by atoms with E-state index in [1.807, 2.05) is 12.1 Å². The largest absolute Gasteiger partial charge is 0.497 e. The number of rotatable bonds is 4. The molecular weight excluding hydrogens is 252 g/mol. The van der Waals surface area contributed by atoms with E-state index in [0.717, 1.165) is 19.3 Å². The van der Waals surface area contributed by atoms with Gasteiger partial charge in [-0.05, 0) is 30.4 Å². The lowest BCUT2D eigenvalue weighted by Gasteiger charge is -2.37. The van der Waals surface area contributed by atoms with Crippen LogP contribution in [0.5, 0.6) is 11.5 Å². The van der Waals surface area contributed by atoms with Crippen LogP contribution in [0.4, 0.5) is 0 Å². The molecule has 0 amide bonds. The number of Topliss-reactive ketones (excluding diaryl/α,β-unsaturated/α-hetero) is 1. The van der Waals surface area contributed by atoms with Crippen LogP contribution >= 0.6 is 0 Å². The van der Waals surface area contributed by atoms with Crippen LogP contribution in [-0.2, 0) is 0 Å². The Kier molecular flexibility index (Phi) is 4.36. The van der Waals surface area contributed by atoms with Crippen molar-refractivity contribution in [2.75, 3.05) is 14.2 Å². The third-order valence-corrected chi connectivity index (χ3v) is 4.50. The second-order valence-electron chi connectivity index (χ2n) is 6.22. The minimum absolute atomic E-state index is 0.0697. The van der Waals surface area contributed by atoms with Gasteiger partial charge >= 0.3 is 0 Å². The molecule has 0 N–H and O–H groups in total. The Balaban J connectivity index is 2.33. The summed E-state index contributed by atoms with van der Waals surface area (Å²) in [4.78, 5) is 12.9. The van der Waals surface area contributed by atoms with Gasteiger partial charge in [0.05, 0.1) is 19.8 Å². The summed E-state index contributed by atoms with van der Waals surface area (Å²) in [6, 6.07) is 5.43. The fourth-order valence-electron chi connectivity index (χ4n) is 3.17. The normalized spacial score (nSPS) is 21.3. The highest BCUT2D eigenvalue weighted by Crippen LogP contribution is 2.43. The molecule has 3 heteroatoms. The number of methoxy groups -OCH3 is 2. The summed E-state index contributed by atoms with van der Waals surface area (Å²) in [5.74, 6) is 1.60. The van der Waals surface area contributed by atoms with E-state index in [0.29, 0.717) is 17.1 Å². The number of carbonyl (C=O) groups is 1. The van der Waals surface area contributed by atoms with Gasteiger partial charge in [0.2, 0.25) is 0 Å². The molecule has 110 valence electrons. The van der Waals surface area contributed by atoms with Crippen LogP contribution < -0.4 is 9.47 Å². The van der Waals surface area contributed by atoms with Crippen molar-refractivity contribution in [1.82, 2.24) is 0 Å². The average Bonchev–Trinajstić information content (AvgIpc) is 2.45. The van der Waals surface area contributed by atoms with Crippen molar-refractivity contribution in [2.24, 2.45) is 11.3 Å². The number of hydrogen-bond acceptors (Lipinski definition) is 3. The first-order chi connectivity index (χ1) is 9.49. The molecule has 0 spiro atoms. The molecule has 1 unspecified atom stereocenters. The summed E-state index contributed by atoms with van der Waals surface area (Å²) < 4.78 is 10.6. The van der Waals surface area contributed by atoms with Gasteiger partial charge in [-0.25, -0.2) is 0 Å². The molecule has 1 atom stereocenters. The number of hydrogen-bond donors (Lipinski definition) is 0.